The number of amides is 2. The molecule has 1 atom stereocenters. The fourth-order valence-corrected chi connectivity index (χ4v) is 4.94. The van der Waals surface area contributed by atoms with Crippen LogP contribution in [0, 0.1) is 11.7 Å². The number of piperidine rings is 1. The van der Waals surface area contributed by atoms with Crippen molar-refractivity contribution in [3.8, 4) is 0 Å². The van der Waals surface area contributed by atoms with Gasteiger partial charge in [-0.2, -0.15) is 0 Å². The lowest BCUT2D eigenvalue weighted by atomic mass is 9.90. The highest BCUT2D eigenvalue weighted by Crippen LogP contribution is 2.30. The third-order valence-corrected chi connectivity index (χ3v) is 6.92. The van der Waals surface area contributed by atoms with Gasteiger partial charge in [0, 0.05) is 54.1 Å². The van der Waals surface area contributed by atoms with Crippen molar-refractivity contribution in [3.05, 3.63) is 108 Å². The molecule has 2 N–H and O–H groups in total. The lowest BCUT2D eigenvalue weighted by Gasteiger charge is -2.31. The first-order chi connectivity index (χ1) is 17.1. The van der Waals surface area contributed by atoms with Crippen LogP contribution in [0.5, 0.6) is 0 Å². The highest BCUT2D eigenvalue weighted by molar-refractivity contribution is 5.94. The third-order valence-electron chi connectivity index (χ3n) is 6.92. The molecule has 2 amide bonds. The summed E-state index contributed by atoms with van der Waals surface area (Å²) in [6, 6.07) is 24.0. The summed E-state index contributed by atoms with van der Waals surface area (Å²) in [7, 11) is 0. The Hall–Kier alpha value is -3.93. The maximum absolute atomic E-state index is 13.2. The highest BCUT2D eigenvalue weighted by Gasteiger charge is 2.28. The van der Waals surface area contributed by atoms with Crippen molar-refractivity contribution in [2.45, 2.75) is 18.8 Å². The number of aromatic nitrogens is 1. The van der Waals surface area contributed by atoms with Gasteiger partial charge in [0.05, 0.1) is 0 Å². The summed E-state index contributed by atoms with van der Waals surface area (Å²) < 4.78 is 13.2. The fraction of sp³-hybridized carbons (Fsp3) is 0.241. The molecule has 0 radical (unpaired) electrons. The van der Waals surface area contributed by atoms with E-state index in [0.29, 0.717) is 38.0 Å². The van der Waals surface area contributed by atoms with E-state index in [1.54, 1.807) is 4.90 Å². The van der Waals surface area contributed by atoms with Crippen molar-refractivity contribution in [1.82, 2.24) is 15.2 Å². The average Bonchev–Trinajstić information content (AvgIpc) is 3.33. The van der Waals surface area contributed by atoms with Crippen LogP contribution in [-0.2, 0) is 4.79 Å². The molecule has 2 heterocycles. The van der Waals surface area contributed by atoms with Gasteiger partial charge in [-0.05, 0) is 54.3 Å². The number of fused-ring (bicyclic) bond motifs is 1. The summed E-state index contributed by atoms with van der Waals surface area (Å²) in [4.78, 5) is 30.9. The number of para-hydroxylation sites is 1. The molecule has 1 aromatic heterocycles. The molecule has 1 aliphatic rings. The predicted octanol–water partition coefficient (Wildman–Crippen LogP) is 5.11. The second-order valence-corrected chi connectivity index (χ2v) is 9.07. The van der Waals surface area contributed by atoms with Gasteiger partial charge in [-0.3, -0.25) is 9.59 Å². The molecule has 3 aromatic carbocycles. The summed E-state index contributed by atoms with van der Waals surface area (Å²) in [5.41, 5.74) is 3.86. The van der Waals surface area contributed by atoms with Crippen LogP contribution >= 0.6 is 0 Å². The maximum atomic E-state index is 13.2. The average molecular weight is 470 g/mol. The Balaban J connectivity index is 1.23. The summed E-state index contributed by atoms with van der Waals surface area (Å²) >= 11 is 0. The van der Waals surface area contributed by atoms with E-state index in [4.69, 9.17) is 0 Å². The van der Waals surface area contributed by atoms with E-state index >= 15 is 0 Å². The second-order valence-electron chi connectivity index (χ2n) is 9.07. The normalized spacial score (nSPS) is 15.2. The van der Waals surface area contributed by atoms with Gasteiger partial charge in [-0.15, -0.1) is 0 Å². The Morgan fingerprint density at radius 3 is 2.37 bits per heavy atom. The largest absolute Gasteiger partial charge is 0.361 e. The summed E-state index contributed by atoms with van der Waals surface area (Å²) in [5, 5.41) is 4.34. The Kier molecular flexibility index (Phi) is 6.62. The topological polar surface area (TPSA) is 65.2 Å². The monoisotopic (exact) mass is 469 g/mol. The molecule has 5 rings (SSSR count). The smallest absolute Gasteiger partial charge is 0.253 e. The molecule has 178 valence electrons. The van der Waals surface area contributed by atoms with Gasteiger partial charge >= 0.3 is 0 Å². The molecule has 4 aromatic rings. The summed E-state index contributed by atoms with van der Waals surface area (Å²) in [5.74, 6) is -0.562. The SMILES string of the molecule is O=C(NCC(c1ccccc1)c1c[nH]c2ccccc12)C1CCN(C(=O)c2ccc(F)cc2)CC1. The first-order valence-electron chi connectivity index (χ1n) is 12.0. The number of hydrogen-bond donors (Lipinski definition) is 2. The van der Waals surface area contributed by atoms with E-state index in [2.05, 4.69) is 34.6 Å². The van der Waals surface area contributed by atoms with Gasteiger partial charge in [-0.1, -0.05) is 48.5 Å². The Bertz CT molecular complexity index is 1310. The van der Waals surface area contributed by atoms with Crippen LogP contribution in [-0.4, -0.2) is 41.3 Å². The zero-order valence-corrected chi connectivity index (χ0v) is 19.4. The first kappa shape index (κ1) is 22.8. The zero-order valence-electron chi connectivity index (χ0n) is 19.4. The van der Waals surface area contributed by atoms with Crippen molar-refractivity contribution in [2.75, 3.05) is 19.6 Å². The van der Waals surface area contributed by atoms with E-state index in [9.17, 15) is 14.0 Å². The van der Waals surface area contributed by atoms with E-state index in [-0.39, 0.29) is 29.5 Å². The van der Waals surface area contributed by atoms with Gasteiger partial charge in [0.2, 0.25) is 5.91 Å². The van der Waals surface area contributed by atoms with E-state index < -0.39 is 0 Å². The van der Waals surface area contributed by atoms with Gasteiger partial charge in [0.1, 0.15) is 5.82 Å². The van der Waals surface area contributed by atoms with E-state index in [1.807, 2.05) is 36.5 Å². The number of halogens is 1. The molecule has 1 aliphatic heterocycles. The quantitative estimate of drug-likeness (QED) is 0.412. The number of hydrogen-bond acceptors (Lipinski definition) is 2. The number of nitrogens with zero attached hydrogens (tertiary/aromatic N) is 1. The predicted molar refractivity (Wildman–Crippen MR) is 135 cm³/mol. The lowest BCUT2D eigenvalue weighted by molar-refractivity contribution is -0.126. The number of H-pyrrole nitrogens is 1. The van der Waals surface area contributed by atoms with Crippen LogP contribution in [0.4, 0.5) is 4.39 Å². The molecule has 6 heteroatoms. The van der Waals surface area contributed by atoms with Crippen molar-refractivity contribution in [2.24, 2.45) is 5.92 Å². The number of benzene rings is 3. The van der Waals surface area contributed by atoms with E-state index in [1.165, 1.54) is 24.3 Å². The van der Waals surface area contributed by atoms with Crippen LogP contribution in [0.3, 0.4) is 0 Å². The second kappa shape index (κ2) is 10.1. The lowest BCUT2D eigenvalue weighted by Crippen LogP contribution is -2.43. The van der Waals surface area contributed by atoms with Crippen LogP contribution in [0.2, 0.25) is 0 Å². The third kappa shape index (κ3) is 4.97. The standard InChI is InChI=1S/C29H28FN3O2/c30-23-12-10-22(11-13-23)29(35)33-16-14-21(15-17-33)28(34)32-18-25(20-6-2-1-3-7-20)26-19-31-27-9-5-4-8-24(26)27/h1-13,19,21,25,31H,14-18H2,(H,32,34). The minimum absolute atomic E-state index is 0.0245. The highest BCUT2D eigenvalue weighted by atomic mass is 19.1. The molecule has 5 nitrogen and oxygen atoms in total. The molecular weight excluding hydrogens is 441 g/mol. The van der Waals surface area contributed by atoms with Crippen LogP contribution in [0.15, 0.2) is 85.1 Å². The zero-order chi connectivity index (χ0) is 24.2. The molecule has 1 fully saturated rings. The van der Waals surface area contributed by atoms with Crippen molar-refractivity contribution in [1.29, 1.82) is 0 Å². The fourth-order valence-electron chi connectivity index (χ4n) is 4.94. The molecule has 0 bridgehead atoms. The van der Waals surface area contributed by atoms with Gasteiger partial charge in [0.15, 0.2) is 0 Å². The van der Waals surface area contributed by atoms with Gasteiger partial charge in [-0.25, -0.2) is 4.39 Å². The molecule has 1 saturated heterocycles. The number of rotatable bonds is 6. The minimum atomic E-state index is -0.363. The van der Waals surface area contributed by atoms with Crippen LogP contribution in [0.1, 0.15) is 40.2 Å². The summed E-state index contributed by atoms with van der Waals surface area (Å²) in [6.45, 7) is 1.52. The van der Waals surface area contributed by atoms with Crippen molar-refractivity contribution >= 4 is 22.7 Å². The van der Waals surface area contributed by atoms with Crippen LogP contribution < -0.4 is 5.32 Å². The van der Waals surface area contributed by atoms with E-state index in [0.717, 1.165) is 22.0 Å². The van der Waals surface area contributed by atoms with Crippen molar-refractivity contribution < 1.29 is 14.0 Å². The number of likely N-dealkylation sites (tertiary alicyclic amines) is 1. The molecule has 0 spiro atoms. The van der Waals surface area contributed by atoms with Crippen molar-refractivity contribution in [3.63, 3.8) is 0 Å². The number of carbonyl (C=O) groups excluding carboxylic acids is 2. The Labute approximate surface area is 204 Å². The van der Waals surface area contributed by atoms with Crippen LogP contribution in [0.25, 0.3) is 10.9 Å². The number of carbonyl (C=O) groups is 2. The molecular formula is C29H28FN3O2. The number of aromatic amines is 1. The van der Waals surface area contributed by atoms with Gasteiger partial charge in [0.25, 0.3) is 5.91 Å². The summed E-state index contributed by atoms with van der Waals surface area (Å²) in [6.07, 6.45) is 3.26. The Morgan fingerprint density at radius 1 is 0.943 bits per heavy atom. The first-order valence-corrected chi connectivity index (χ1v) is 12.0. The molecule has 0 saturated carbocycles. The Morgan fingerprint density at radius 2 is 1.63 bits per heavy atom. The number of nitrogens with one attached hydrogen (secondary N) is 2. The molecule has 0 aliphatic carbocycles. The molecule has 1 unspecified atom stereocenters. The molecule has 35 heavy (non-hydrogen) atoms. The minimum Gasteiger partial charge on any atom is -0.361 e. The van der Waals surface area contributed by atoms with Gasteiger partial charge < -0.3 is 15.2 Å². The maximum Gasteiger partial charge on any atom is 0.253 e.